The number of nitrogens with one attached hydrogen (secondary N) is 2. The van der Waals surface area contributed by atoms with Crippen molar-refractivity contribution in [1.29, 1.82) is 0 Å². The topological polar surface area (TPSA) is 114 Å². The molecule has 2 N–H and O–H groups in total. The Kier molecular flexibility index (Phi) is 4.70. The molecule has 0 radical (unpaired) electrons. The largest absolute Gasteiger partial charge is 0.465 e. The zero-order chi connectivity index (χ0) is 15.5. The minimum absolute atomic E-state index is 0.0306. The van der Waals surface area contributed by atoms with E-state index in [1.807, 2.05) is 0 Å². The Hall–Kier alpha value is -1.78. The van der Waals surface area contributed by atoms with Crippen molar-refractivity contribution in [3.8, 4) is 0 Å². The minimum atomic E-state index is -3.79. The molecule has 0 aliphatic heterocycles. The van der Waals surface area contributed by atoms with E-state index in [0.29, 0.717) is 17.8 Å². The molecule has 0 saturated heterocycles. The van der Waals surface area contributed by atoms with Gasteiger partial charge in [0.2, 0.25) is 10.0 Å². The van der Waals surface area contributed by atoms with Crippen LogP contribution in [0.25, 0.3) is 0 Å². The number of carbonyl (C=O) groups is 1. The Morgan fingerprint density at radius 3 is 2.90 bits per heavy atom. The van der Waals surface area contributed by atoms with Crippen molar-refractivity contribution in [3.63, 3.8) is 0 Å². The number of aromatic nitrogens is 3. The molecule has 2 rings (SSSR count). The first kappa shape index (κ1) is 15.6. The lowest BCUT2D eigenvalue weighted by Gasteiger charge is -2.07. The molecule has 21 heavy (non-hydrogen) atoms. The van der Waals surface area contributed by atoms with E-state index in [1.54, 1.807) is 12.3 Å². The second kappa shape index (κ2) is 6.33. The van der Waals surface area contributed by atoms with Gasteiger partial charge in [0.25, 0.3) is 0 Å². The highest BCUT2D eigenvalue weighted by molar-refractivity contribution is 7.89. The average molecular weight is 330 g/mol. The number of aryl methyl sites for hydroxylation is 1. The number of ether oxygens (including phenoxy) is 1. The monoisotopic (exact) mass is 330 g/mol. The third-order valence-electron chi connectivity index (χ3n) is 2.68. The highest BCUT2D eigenvalue weighted by Crippen LogP contribution is 2.27. The smallest absolute Gasteiger partial charge is 0.349 e. The number of hydrogen-bond donors (Lipinski definition) is 2. The SMILES string of the molecule is COC(=O)c1scc(C)c1S(=O)(=O)NCCc1ncn[nH]1. The van der Waals surface area contributed by atoms with E-state index in [4.69, 9.17) is 0 Å². The van der Waals surface area contributed by atoms with Crippen molar-refractivity contribution in [3.05, 3.63) is 28.0 Å². The molecule has 0 spiro atoms. The summed E-state index contributed by atoms with van der Waals surface area (Å²) in [5, 5.41) is 7.93. The number of thiophene rings is 1. The summed E-state index contributed by atoms with van der Waals surface area (Å²) < 4.78 is 31.7. The summed E-state index contributed by atoms with van der Waals surface area (Å²) in [5.74, 6) is -0.0864. The van der Waals surface area contributed by atoms with Gasteiger partial charge in [0.05, 0.1) is 7.11 Å². The van der Waals surface area contributed by atoms with Crippen molar-refractivity contribution in [2.75, 3.05) is 13.7 Å². The van der Waals surface area contributed by atoms with Crippen molar-refractivity contribution >= 4 is 27.3 Å². The molecule has 0 fully saturated rings. The van der Waals surface area contributed by atoms with E-state index >= 15 is 0 Å². The molecule has 114 valence electrons. The van der Waals surface area contributed by atoms with Crippen LogP contribution in [-0.4, -0.2) is 43.2 Å². The van der Waals surface area contributed by atoms with Crippen LogP contribution in [0.3, 0.4) is 0 Å². The predicted octanol–water partition coefficient (Wildman–Crippen LogP) is 0.482. The van der Waals surface area contributed by atoms with Gasteiger partial charge in [0, 0.05) is 13.0 Å². The van der Waals surface area contributed by atoms with Gasteiger partial charge in [0.1, 0.15) is 21.9 Å². The molecule has 2 heterocycles. The van der Waals surface area contributed by atoms with Crippen LogP contribution in [-0.2, 0) is 21.2 Å². The van der Waals surface area contributed by atoms with Crippen molar-refractivity contribution in [2.45, 2.75) is 18.2 Å². The molecule has 2 aromatic heterocycles. The van der Waals surface area contributed by atoms with Crippen LogP contribution < -0.4 is 4.72 Å². The second-order valence-corrected chi connectivity index (χ2v) is 6.73. The fourth-order valence-electron chi connectivity index (χ4n) is 1.73. The van der Waals surface area contributed by atoms with Crippen LogP contribution in [0.4, 0.5) is 0 Å². The normalized spacial score (nSPS) is 11.5. The standard InChI is InChI=1S/C11H14N4O4S2/c1-7-5-20-9(11(16)19-2)10(7)21(17,18)14-4-3-8-12-6-13-15-8/h5-6,14H,3-4H2,1-2H3,(H,12,13,15). The Balaban J connectivity index is 2.15. The molecular formula is C11H14N4O4S2. The quantitative estimate of drug-likeness (QED) is 0.745. The lowest BCUT2D eigenvalue weighted by Crippen LogP contribution is -2.27. The van der Waals surface area contributed by atoms with Gasteiger partial charge in [0.15, 0.2) is 0 Å². The maximum atomic E-state index is 12.3. The number of rotatable bonds is 6. The average Bonchev–Trinajstić information content (AvgIpc) is 3.07. The maximum Gasteiger partial charge on any atom is 0.349 e. The zero-order valence-corrected chi connectivity index (χ0v) is 13.0. The number of carbonyl (C=O) groups excluding carboxylic acids is 1. The third kappa shape index (κ3) is 3.46. The number of sulfonamides is 1. The van der Waals surface area contributed by atoms with Gasteiger partial charge in [-0.05, 0) is 17.9 Å². The van der Waals surface area contributed by atoms with Crippen molar-refractivity contribution < 1.29 is 17.9 Å². The van der Waals surface area contributed by atoms with Crippen molar-refractivity contribution in [1.82, 2.24) is 19.9 Å². The van der Waals surface area contributed by atoms with Crippen LogP contribution in [0.15, 0.2) is 16.6 Å². The second-order valence-electron chi connectivity index (χ2n) is 4.15. The maximum absolute atomic E-state index is 12.3. The van der Waals surface area contributed by atoms with Crippen LogP contribution in [0, 0.1) is 6.92 Å². The molecule has 0 saturated carbocycles. The van der Waals surface area contributed by atoms with Crippen molar-refractivity contribution in [2.24, 2.45) is 0 Å². The van der Waals surface area contributed by atoms with Gasteiger partial charge in [-0.1, -0.05) is 0 Å². The Labute approximate surface area is 125 Å². The molecule has 0 aromatic carbocycles. The number of hydrogen-bond acceptors (Lipinski definition) is 7. The van der Waals surface area contributed by atoms with Gasteiger partial charge >= 0.3 is 5.97 Å². The van der Waals surface area contributed by atoms with Gasteiger partial charge in [-0.15, -0.1) is 11.3 Å². The minimum Gasteiger partial charge on any atom is -0.465 e. The summed E-state index contributed by atoms with van der Waals surface area (Å²) >= 11 is 1.04. The first-order chi connectivity index (χ1) is 9.95. The summed E-state index contributed by atoms with van der Waals surface area (Å²) in [5.41, 5.74) is 0.507. The number of methoxy groups -OCH3 is 1. The third-order valence-corrected chi connectivity index (χ3v) is 5.53. The van der Waals surface area contributed by atoms with E-state index in [2.05, 4.69) is 24.6 Å². The summed E-state index contributed by atoms with van der Waals surface area (Å²) in [6, 6.07) is 0. The molecule has 0 unspecified atom stereocenters. The van der Waals surface area contributed by atoms with Gasteiger partial charge in [-0.2, -0.15) is 5.10 Å². The summed E-state index contributed by atoms with van der Waals surface area (Å²) in [7, 11) is -2.58. The van der Waals surface area contributed by atoms with Gasteiger partial charge < -0.3 is 4.74 Å². The Morgan fingerprint density at radius 2 is 2.29 bits per heavy atom. The van der Waals surface area contributed by atoms with E-state index in [1.165, 1.54) is 13.4 Å². The molecule has 0 amide bonds. The lowest BCUT2D eigenvalue weighted by molar-refractivity contribution is 0.0602. The summed E-state index contributed by atoms with van der Waals surface area (Å²) in [4.78, 5) is 15.6. The molecule has 0 atom stereocenters. The van der Waals surface area contributed by atoms with E-state index in [-0.39, 0.29) is 16.3 Å². The molecule has 0 aliphatic rings. The number of aromatic amines is 1. The molecular weight excluding hydrogens is 316 g/mol. The van der Waals surface area contributed by atoms with Gasteiger partial charge in [-0.3, -0.25) is 5.10 Å². The number of H-pyrrole nitrogens is 1. The van der Waals surface area contributed by atoms with Crippen LogP contribution in [0.2, 0.25) is 0 Å². The summed E-state index contributed by atoms with van der Waals surface area (Å²) in [6.07, 6.45) is 1.72. The van der Waals surface area contributed by atoms with E-state index in [0.717, 1.165) is 11.3 Å². The first-order valence-electron chi connectivity index (χ1n) is 5.96. The number of esters is 1. The highest BCUT2D eigenvalue weighted by atomic mass is 32.2. The molecule has 0 bridgehead atoms. The lowest BCUT2D eigenvalue weighted by atomic mass is 10.3. The zero-order valence-electron chi connectivity index (χ0n) is 11.4. The highest BCUT2D eigenvalue weighted by Gasteiger charge is 2.27. The molecule has 8 nitrogen and oxygen atoms in total. The van der Waals surface area contributed by atoms with Crippen LogP contribution in [0.5, 0.6) is 0 Å². The Bertz CT molecular complexity index is 721. The van der Waals surface area contributed by atoms with E-state index < -0.39 is 16.0 Å². The first-order valence-corrected chi connectivity index (χ1v) is 8.32. The molecule has 2 aromatic rings. The fraction of sp³-hybridized carbons (Fsp3) is 0.364. The fourth-order valence-corrected chi connectivity index (χ4v) is 4.46. The van der Waals surface area contributed by atoms with Crippen LogP contribution in [0.1, 0.15) is 21.1 Å². The number of nitrogens with zero attached hydrogens (tertiary/aromatic N) is 2. The summed E-state index contributed by atoms with van der Waals surface area (Å²) in [6.45, 7) is 1.78. The van der Waals surface area contributed by atoms with Gasteiger partial charge in [-0.25, -0.2) is 22.9 Å². The predicted molar refractivity (Wildman–Crippen MR) is 75.7 cm³/mol. The molecule has 0 aliphatic carbocycles. The molecule has 10 heteroatoms. The van der Waals surface area contributed by atoms with Crippen LogP contribution >= 0.6 is 11.3 Å². The van der Waals surface area contributed by atoms with E-state index in [9.17, 15) is 13.2 Å². The Morgan fingerprint density at radius 1 is 1.52 bits per heavy atom.